The minimum absolute atomic E-state index is 0.129. The molecule has 2 aromatic rings. The molecule has 0 fully saturated rings. The number of nitrogens with one attached hydrogen (secondary N) is 1. The summed E-state index contributed by atoms with van der Waals surface area (Å²) in [5, 5.41) is 3.50. The Morgan fingerprint density at radius 3 is 2.71 bits per heavy atom. The predicted molar refractivity (Wildman–Crippen MR) is 83.3 cm³/mol. The molecule has 0 spiro atoms. The highest BCUT2D eigenvalue weighted by atomic mass is 16.2. The molecule has 0 aliphatic carbocycles. The van der Waals surface area contributed by atoms with Crippen molar-refractivity contribution in [3.63, 3.8) is 0 Å². The van der Waals surface area contributed by atoms with Crippen molar-refractivity contribution in [1.29, 1.82) is 0 Å². The van der Waals surface area contributed by atoms with Crippen LogP contribution in [0.4, 0.5) is 5.69 Å². The molecule has 0 radical (unpaired) electrons. The highest BCUT2D eigenvalue weighted by molar-refractivity contribution is 6.00. The molecule has 21 heavy (non-hydrogen) atoms. The quantitative estimate of drug-likeness (QED) is 0.935. The number of nitrogens with zero attached hydrogens (tertiary/aromatic N) is 2. The monoisotopic (exact) mass is 281 g/mol. The van der Waals surface area contributed by atoms with Gasteiger partial charge in [-0.2, -0.15) is 0 Å². The van der Waals surface area contributed by atoms with E-state index >= 15 is 0 Å². The summed E-state index contributed by atoms with van der Waals surface area (Å²) in [4.78, 5) is 17.6. The van der Waals surface area contributed by atoms with E-state index in [0.717, 1.165) is 17.8 Å². The summed E-state index contributed by atoms with van der Waals surface area (Å²) < 4.78 is 0. The molecule has 0 saturated carbocycles. The van der Waals surface area contributed by atoms with Crippen LogP contribution in [-0.4, -0.2) is 24.5 Å². The first-order valence-corrected chi connectivity index (χ1v) is 7.23. The lowest BCUT2D eigenvalue weighted by atomic mass is 9.97. The van der Waals surface area contributed by atoms with Gasteiger partial charge in [0.15, 0.2) is 0 Å². The van der Waals surface area contributed by atoms with Gasteiger partial charge in [-0.3, -0.25) is 9.78 Å². The smallest absolute Gasteiger partial charge is 0.231 e. The summed E-state index contributed by atoms with van der Waals surface area (Å²) in [6.45, 7) is 2.97. The van der Waals surface area contributed by atoms with E-state index in [1.165, 1.54) is 11.1 Å². The lowest BCUT2D eigenvalue weighted by molar-refractivity contribution is -0.117. The Labute approximate surface area is 124 Å². The van der Waals surface area contributed by atoms with Gasteiger partial charge in [-0.1, -0.05) is 19.1 Å². The molecule has 0 saturated heterocycles. The van der Waals surface area contributed by atoms with Crippen LogP contribution >= 0.6 is 0 Å². The zero-order chi connectivity index (χ0) is 14.8. The second kappa shape index (κ2) is 5.66. The van der Waals surface area contributed by atoms with E-state index < -0.39 is 0 Å². The summed E-state index contributed by atoms with van der Waals surface area (Å²) in [7, 11) is 1.83. The molecule has 0 bridgehead atoms. The molecule has 1 aromatic heterocycles. The molecule has 3 rings (SSSR count). The number of amides is 1. The van der Waals surface area contributed by atoms with E-state index in [2.05, 4.69) is 29.4 Å². The van der Waals surface area contributed by atoms with Crippen molar-refractivity contribution in [3.8, 4) is 0 Å². The zero-order valence-electron chi connectivity index (χ0n) is 12.3. The number of carbonyl (C=O) groups is 1. The van der Waals surface area contributed by atoms with Crippen LogP contribution in [0.2, 0.25) is 0 Å². The van der Waals surface area contributed by atoms with Gasteiger partial charge < -0.3 is 10.2 Å². The number of rotatable bonds is 4. The van der Waals surface area contributed by atoms with Gasteiger partial charge in [0.25, 0.3) is 0 Å². The Kier molecular flexibility index (Phi) is 3.71. The summed E-state index contributed by atoms with van der Waals surface area (Å²) in [5.41, 5.74) is 4.50. The third-order valence-corrected chi connectivity index (χ3v) is 3.96. The summed E-state index contributed by atoms with van der Waals surface area (Å²) in [6, 6.07) is 10.5. The van der Waals surface area contributed by atoms with E-state index in [0.29, 0.717) is 6.42 Å². The highest BCUT2D eigenvalue weighted by Crippen LogP contribution is 2.31. The Balaban J connectivity index is 1.98. The first-order chi connectivity index (χ1) is 10.2. The van der Waals surface area contributed by atoms with Crippen LogP contribution in [0.1, 0.15) is 29.7 Å². The van der Waals surface area contributed by atoms with Gasteiger partial charge in [-0.15, -0.1) is 0 Å². The standard InChI is InChI=1S/C17H19N3O/c1-3-19-17(12-6-8-18-9-7-12)13-4-5-15-14(10-13)11-16(21)20(15)2/h4-10,17,19H,3,11H2,1-2H3. The summed E-state index contributed by atoms with van der Waals surface area (Å²) in [6.07, 6.45) is 4.11. The number of carbonyl (C=O) groups excluding carboxylic acids is 1. The van der Waals surface area contributed by atoms with E-state index in [-0.39, 0.29) is 11.9 Å². The zero-order valence-corrected chi connectivity index (χ0v) is 12.3. The van der Waals surface area contributed by atoms with Crippen LogP contribution in [-0.2, 0) is 11.2 Å². The molecule has 1 atom stereocenters. The molecule has 2 heterocycles. The predicted octanol–water partition coefficient (Wildman–Crippen LogP) is 2.30. The first kappa shape index (κ1) is 13.8. The van der Waals surface area contributed by atoms with E-state index in [9.17, 15) is 4.79 Å². The Morgan fingerprint density at radius 1 is 1.24 bits per heavy atom. The minimum Gasteiger partial charge on any atom is -0.315 e. The number of anilines is 1. The van der Waals surface area contributed by atoms with E-state index in [1.54, 1.807) is 4.90 Å². The maximum absolute atomic E-state index is 11.8. The second-order valence-corrected chi connectivity index (χ2v) is 5.29. The van der Waals surface area contributed by atoms with Gasteiger partial charge in [0, 0.05) is 25.1 Å². The van der Waals surface area contributed by atoms with Crippen molar-refractivity contribution >= 4 is 11.6 Å². The fourth-order valence-corrected chi connectivity index (χ4v) is 2.86. The molecule has 1 aromatic carbocycles. The van der Waals surface area contributed by atoms with Crippen molar-refractivity contribution in [3.05, 3.63) is 59.4 Å². The lowest BCUT2D eigenvalue weighted by Gasteiger charge is -2.20. The van der Waals surface area contributed by atoms with Gasteiger partial charge >= 0.3 is 0 Å². The molecule has 4 heteroatoms. The number of aromatic nitrogens is 1. The lowest BCUT2D eigenvalue weighted by Crippen LogP contribution is -2.22. The number of benzene rings is 1. The third kappa shape index (κ3) is 2.54. The van der Waals surface area contributed by atoms with Crippen LogP contribution in [0.15, 0.2) is 42.7 Å². The van der Waals surface area contributed by atoms with Crippen LogP contribution in [0, 0.1) is 0 Å². The molecule has 108 valence electrons. The van der Waals surface area contributed by atoms with Gasteiger partial charge in [0.2, 0.25) is 5.91 Å². The fourth-order valence-electron chi connectivity index (χ4n) is 2.86. The van der Waals surface area contributed by atoms with Crippen LogP contribution in [0.25, 0.3) is 0 Å². The first-order valence-electron chi connectivity index (χ1n) is 7.23. The van der Waals surface area contributed by atoms with Crippen molar-refractivity contribution in [2.24, 2.45) is 0 Å². The molecule has 1 aliphatic heterocycles. The molecule has 1 amide bonds. The fraction of sp³-hybridized carbons (Fsp3) is 0.294. The summed E-state index contributed by atoms with van der Waals surface area (Å²) in [5.74, 6) is 0.158. The molecular weight excluding hydrogens is 262 g/mol. The number of hydrogen-bond donors (Lipinski definition) is 1. The molecule has 1 N–H and O–H groups in total. The number of fused-ring (bicyclic) bond motifs is 1. The number of hydrogen-bond acceptors (Lipinski definition) is 3. The van der Waals surface area contributed by atoms with Crippen molar-refractivity contribution < 1.29 is 4.79 Å². The Bertz CT molecular complexity index is 654. The van der Waals surface area contributed by atoms with Crippen molar-refractivity contribution in [2.75, 3.05) is 18.5 Å². The highest BCUT2D eigenvalue weighted by Gasteiger charge is 2.25. The van der Waals surface area contributed by atoms with Gasteiger partial charge in [0.1, 0.15) is 0 Å². The summed E-state index contributed by atoms with van der Waals surface area (Å²) >= 11 is 0. The van der Waals surface area contributed by atoms with Gasteiger partial charge in [0.05, 0.1) is 12.5 Å². The second-order valence-electron chi connectivity index (χ2n) is 5.29. The van der Waals surface area contributed by atoms with E-state index in [4.69, 9.17) is 0 Å². The van der Waals surface area contributed by atoms with Crippen molar-refractivity contribution in [2.45, 2.75) is 19.4 Å². The average Bonchev–Trinajstić information content (AvgIpc) is 2.80. The largest absolute Gasteiger partial charge is 0.315 e. The Hall–Kier alpha value is -2.20. The van der Waals surface area contributed by atoms with Crippen LogP contribution in [0.5, 0.6) is 0 Å². The SMILES string of the molecule is CCNC(c1ccncc1)c1ccc2c(c1)CC(=O)N2C. The molecule has 4 nitrogen and oxygen atoms in total. The van der Waals surface area contributed by atoms with Crippen LogP contribution < -0.4 is 10.2 Å². The normalized spacial score (nSPS) is 15.1. The van der Waals surface area contributed by atoms with Crippen LogP contribution in [0.3, 0.4) is 0 Å². The topological polar surface area (TPSA) is 45.2 Å². The third-order valence-electron chi connectivity index (χ3n) is 3.96. The van der Waals surface area contributed by atoms with E-state index in [1.807, 2.05) is 37.6 Å². The molecule has 1 unspecified atom stereocenters. The molecule has 1 aliphatic rings. The van der Waals surface area contributed by atoms with Gasteiger partial charge in [-0.25, -0.2) is 0 Å². The maximum atomic E-state index is 11.8. The minimum atomic E-state index is 0.129. The maximum Gasteiger partial charge on any atom is 0.231 e. The number of likely N-dealkylation sites (N-methyl/N-ethyl adjacent to an activating group) is 1. The molecular formula is C17H19N3O. The van der Waals surface area contributed by atoms with Crippen molar-refractivity contribution in [1.82, 2.24) is 10.3 Å². The average molecular weight is 281 g/mol. The Morgan fingerprint density at radius 2 is 2.00 bits per heavy atom. The van der Waals surface area contributed by atoms with Gasteiger partial charge in [-0.05, 0) is 41.4 Å². The number of pyridine rings is 1.